The predicted molar refractivity (Wildman–Crippen MR) is 147 cm³/mol. The van der Waals surface area contributed by atoms with Crippen LogP contribution in [0.4, 0.5) is 115 Å². The Balaban J connectivity index is 3.03. The molecule has 59 heavy (non-hydrogen) atoms. The van der Waals surface area contributed by atoms with Gasteiger partial charge in [0.2, 0.25) is 0 Å². The standard InChI is InChI=1S/C29H30F24N2O4/c30-15(31)22(38,39)26(46,47)28(50,51)24(42,43)20(34,35)9-19(11-1-5-13(6-2-11)54-17(56)57,12-3-7-14(8-4-12)55-18(58)59)10-21(36,37)25(44,45)29(52,53)27(48,49)23(40,41)16(32)33/h11-16,54-55H,1-10H2,(H,56,57)(H,58,59). The third-order valence-electron chi connectivity index (χ3n) is 10.7. The highest BCUT2D eigenvalue weighted by Crippen LogP contribution is 2.67. The first-order chi connectivity index (χ1) is 26.1. The minimum absolute atomic E-state index is 0.901. The molecule has 30 heteroatoms. The summed E-state index contributed by atoms with van der Waals surface area (Å²) in [4.78, 5) is 22.2. The van der Waals surface area contributed by atoms with Crippen molar-refractivity contribution in [1.82, 2.24) is 10.6 Å². The number of alkyl halides is 24. The fraction of sp³-hybridized carbons (Fsp3) is 0.931. The van der Waals surface area contributed by atoms with Crippen LogP contribution in [-0.2, 0) is 0 Å². The van der Waals surface area contributed by atoms with Gasteiger partial charge in [-0.15, -0.1) is 0 Å². The van der Waals surface area contributed by atoms with Crippen molar-refractivity contribution in [3.8, 4) is 0 Å². The van der Waals surface area contributed by atoms with Crippen LogP contribution in [0.1, 0.15) is 64.2 Å². The molecule has 0 aromatic carbocycles. The Bertz CT molecular complexity index is 1370. The van der Waals surface area contributed by atoms with E-state index < -0.39 is 178 Å². The van der Waals surface area contributed by atoms with Crippen LogP contribution in [0.2, 0.25) is 0 Å². The molecule has 0 aromatic heterocycles. The highest BCUT2D eigenvalue weighted by molar-refractivity contribution is 5.65. The van der Waals surface area contributed by atoms with Crippen LogP contribution in [-0.4, -0.2) is 107 Å². The maximum absolute atomic E-state index is 15.8. The Morgan fingerprint density at radius 3 is 0.864 bits per heavy atom. The van der Waals surface area contributed by atoms with Crippen LogP contribution in [0, 0.1) is 17.3 Å². The van der Waals surface area contributed by atoms with Gasteiger partial charge in [0.25, 0.3) is 0 Å². The van der Waals surface area contributed by atoms with Crippen molar-refractivity contribution >= 4 is 12.2 Å². The van der Waals surface area contributed by atoms with Crippen LogP contribution < -0.4 is 10.6 Å². The number of carbonyl (C=O) groups is 2. The minimum Gasteiger partial charge on any atom is -0.465 e. The lowest BCUT2D eigenvalue weighted by atomic mass is 9.53. The summed E-state index contributed by atoms with van der Waals surface area (Å²) < 4.78 is 344. The first-order valence-electron chi connectivity index (χ1n) is 16.4. The number of hydrogen-bond donors (Lipinski definition) is 4. The Labute approximate surface area is 314 Å². The van der Waals surface area contributed by atoms with Gasteiger partial charge in [-0.2, -0.15) is 87.8 Å². The fourth-order valence-corrected chi connectivity index (χ4v) is 7.54. The quantitative estimate of drug-likeness (QED) is 0.103. The van der Waals surface area contributed by atoms with Crippen LogP contribution in [0.5, 0.6) is 0 Å². The monoisotopic (exact) mass is 926 g/mol. The lowest BCUT2D eigenvalue weighted by Crippen LogP contribution is -2.70. The molecule has 4 N–H and O–H groups in total. The van der Waals surface area contributed by atoms with Gasteiger partial charge in [0.05, 0.1) is 0 Å². The molecule has 2 fully saturated rings. The molecule has 2 aliphatic carbocycles. The Hall–Kier alpha value is -3.14. The highest BCUT2D eigenvalue weighted by atomic mass is 19.4. The molecule has 6 nitrogen and oxygen atoms in total. The summed E-state index contributed by atoms with van der Waals surface area (Å²) >= 11 is 0. The van der Waals surface area contributed by atoms with E-state index in [2.05, 4.69) is 0 Å². The van der Waals surface area contributed by atoms with Gasteiger partial charge in [-0.1, -0.05) is 0 Å². The summed E-state index contributed by atoms with van der Waals surface area (Å²) in [6, 6.07) is -2.86. The van der Waals surface area contributed by atoms with Crippen molar-refractivity contribution < 1.29 is 125 Å². The van der Waals surface area contributed by atoms with E-state index in [1.807, 2.05) is 0 Å². The molecule has 0 bridgehead atoms. The van der Waals surface area contributed by atoms with Gasteiger partial charge in [0.1, 0.15) is 0 Å². The zero-order valence-corrected chi connectivity index (χ0v) is 28.8. The molecular weight excluding hydrogens is 896 g/mol. The molecule has 0 saturated heterocycles. The van der Waals surface area contributed by atoms with Gasteiger partial charge >= 0.3 is 84.3 Å². The zero-order valence-electron chi connectivity index (χ0n) is 28.8. The van der Waals surface area contributed by atoms with E-state index in [9.17, 15) is 79.8 Å². The van der Waals surface area contributed by atoms with Crippen molar-refractivity contribution in [3.05, 3.63) is 0 Å². The number of nitrogens with one attached hydrogen (secondary N) is 2. The molecule has 2 rings (SSSR count). The lowest BCUT2D eigenvalue weighted by molar-refractivity contribution is -0.421. The third-order valence-corrected chi connectivity index (χ3v) is 10.7. The van der Waals surface area contributed by atoms with Gasteiger partial charge < -0.3 is 20.8 Å². The van der Waals surface area contributed by atoms with Gasteiger partial charge in [-0.25, -0.2) is 27.2 Å². The summed E-state index contributed by atoms with van der Waals surface area (Å²) in [7, 11) is 0. The largest absolute Gasteiger partial charge is 0.465 e. The number of hydrogen-bond acceptors (Lipinski definition) is 2. The molecule has 0 aromatic rings. The van der Waals surface area contributed by atoms with Crippen LogP contribution >= 0.6 is 0 Å². The summed E-state index contributed by atoms with van der Waals surface area (Å²) in [6.45, 7) is 0. The second-order valence-electron chi connectivity index (χ2n) is 14.3. The van der Waals surface area contributed by atoms with Crippen molar-refractivity contribution in [2.75, 3.05) is 0 Å². The summed E-state index contributed by atoms with van der Waals surface area (Å²) in [6.07, 6.45) is -32.0. The normalized spacial score (nSPS) is 23.1. The van der Waals surface area contributed by atoms with E-state index in [0.29, 0.717) is 0 Å². The molecule has 0 heterocycles. The maximum Gasteiger partial charge on any atom is 0.404 e. The lowest BCUT2D eigenvalue weighted by Gasteiger charge is -2.54. The second-order valence-corrected chi connectivity index (χ2v) is 14.3. The van der Waals surface area contributed by atoms with E-state index in [1.54, 1.807) is 10.6 Å². The van der Waals surface area contributed by atoms with E-state index in [0.717, 1.165) is 0 Å². The first-order valence-corrected chi connectivity index (χ1v) is 16.4. The summed E-state index contributed by atoms with van der Waals surface area (Å²) in [5, 5.41) is 21.3. The predicted octanol–water partition coefficient (Wildman–Crippen LogP) is 11.3. The number of amides is 2. The van der Waals surface area contributed by atoms with Gasteiger partial charge in [-0.05, 0) is 68.6 Å². The van der Waals surface area contributed by atoms with Crippen molar-refractivity contribution in [2.24, 2.45) is 17.3 Å². The van der Waals surface area contributed by atoms with Crippen LogP contribution in [0.25, 0.3) is 0 Å². The minimum atomic E-state index is -8.40. The first kappa shape index (κ1) is 52.0. The number of carboxylic acid groups (broad SMARTS) is 2. The average molecular weight is 927 g/mol. The molecule has 0 spiro atoms. The smallest absolute Gasteiger partial charge is 0.404 e. The molecule has 2 amide bonds. The molecular formula is C29H30F24N2O4. The maximum atomic E-state index is 15.8. The Morgan fingerprint density at radius 2 is 0.661 bits per heavy atom. The number of halogens is 24. The number of rotatable bonds is 18. The molecule has 2 aliphatic rings. The SMILES string of the molecule is O=C(O)NC1CCC(C(CC(F)(F)C(F)(F)C(F)(F)C(F)(F)C(F)(F)C(F)F)(CC(F)(F)C(F)(F)C(F)(F)C(F)(F)C(F)(F)C(F)F)C2CCC(NC(=O)O)CC2)CC1. The molecule has 348 valence electrons. The van der Waals surface area contributed by atoms with E-state index in [1.165, 1.54) is 0 Å². The van der Waals surface area contributed by atoms with Crippen molar-refractivity contribution in [2.45, 2.75) is 148 Å². The topological polar surface area (TPSA) is 98.7 Å². The van der Waals surface area contributed by atoms with Gasteiger partial charge in [0, 0.05) is 24.9 Å². The molecule has 0 radical (unpaired) electrons. The third kappa shape index (κ3) is 8.68. The molecule has 0 aliphatic heterocycles. The summed E-state index contributed by atoms with van der Waals surface area (Å²) in [5.74, 6) is -84.8. The van der Waals surface area contributed by atoms with Crippen molar-refractivity contribution in [1.29, 1.82) is 0 Å². The average Bonchev–Trinajstić information content (AvgIpc) is 3.06. The Morgan fingerprint density at radius 1 is 0.424 bits per heavy atom. The molecule has 0 unspecified atom stereocenters. The van der Waals surface area contributed by atoms with Gasteiger partial charge in [0.15, 0.2) is 0 Å². The van der Waals surface area contributed by atoms with Crippen LogP contribution in [0.15, 0.2) is 0 Å². The Kier molecular flexibility index (Phi) is 14.4. The fourth-order valence-electron chi connectivity index (χ4n) is 7.54. The molecule has 0 atom stereocenters. The van der Waals surface area contributed by atoms with E-state index >= 15 is 35.1 Å². The van der Waals surface area contributed by atoms with E-state index in [4.69, 9.17) is 10.2 Å². The molecule has 2 saturated carbocycles. The summed E-state index contributed by atoms with van der Waals surface area (Å²) in [5.41, 5.74) is -4.34. The highest BCUT2D eigenvalue weighted by Gasteiger charge is 2.90. The van der Waals surface area contributed by atoms with Crippen molar-refractivity contribution in [3.63, 3.8) is 0 Å². The zero-order chi connectivity index (χ0) is 46.6. The van der Waals surface area contributed by atoms with Crippen LogP contribution in [0.3, 0.4) is 0 Å². The van der Waals surface area contributed by atoms with Gasteiger partial charge in [-0.3, -0.25) is 0 Å². The second kappa shape index (κ2) is 16.3. The van der Waals surface area contributed by atoms with E-state index in [-0.39, 0.29) is 0 Å².